The van der Waals surface area contributed by atoms with Crippen LogP contribution in [-0.2, 0) is 20.7 Å². The Morgan fingerprint density at radius 1 is 1.56 bits per heavy atom. The zero-order valence-corrected chi connectivity index (χ0v) is 10.5. The number of methoxy groups -OCH3 is 1. The number of nitrogens with one attached hydrogen (secondary N) is 1. The predicted octanol–water partition coefficient (Wildman–Crippen LogP) is 0.933. The van der Waals surface area contributed by atoms with E-state index in [9.17, 15) is 9.59 Å². The molecule has 1 N–H and O–H groups in total. The topological polar surface area (TPSA) is 64.6 Å². The second-order valence-corrected chi connectivity index (χ2v) is 4.29. The summed E-state index contributed by atoms with van der Waals surface area (Å²) in [6, 6.07) is 5.20. The van der Waals surface area contributed by atoms with E-state index in [0.29, 0.717) is 17.2 Å². The maximum Gasteiger partial charge on any atom is 0.325 e. The number of halogens is 1. The van der Waals surface area contributed by atoms with E-state index in [2.05, 4.69) is 10.1 Å². The van der Waals surface area contributed by atoms with Crippen molar-refractivity contribution in [1.82, 2.24) is 5.32 Å². The highest BCUT2D eigenvalue weighted by molar-refractivity contribution is 6.30. The Balaban J connectivity index is 1.94. The van der Waals surface area contributed by atoms with Gasteiger partial charge in [0.1, 0.15) is 12.3 Å². The van der Waals surface area contributed by atoms with Gasteiger partial charge >= 0.3 is 5.97 Å². The molecule has 0 aromatic heterocycles. The second-order valence-electron chi connectivity index (χ2n) is 3.86. The zero-order valence-electron chi connectivity index (χ0n) is 9.73. The largest absolute Gasteiger partial charge is 0.480 e. The third-order valence-electron chi connectivity index (χ3n) is 2.62. The summed E-state index contributed by atoms with van der Waals surface area (Å²) in [7, 11) is 1.26. The van der Waals surface area contributed by atoms with E-state index in [1.165, 1.54) is 7.11 Å². The summed E-state index contributed by atoms with van der Waals surface area (Å²) in [6.07, 6.45) is -0.175. The fraction of sp³-hybridized carbons (Fsp3) is 0.333. The summed E-state index contributed by atoms with van der Waals surface area (Å²) in [5.41, 5.74) is 0.890. The summed E-state index contributed by atoms with van der Waals surface area (Å²) in [5.74, 6) is -0.188. The Bertz CT molecular complexity index is 489. The summed E-state index contributed by atoms with van der Waals surface area (Å²) in [6.45, 7) is -0.160. The van der Waals surface area contributed by atoms with Gasteiger partial charge in [-0.2, -0.15) is 0 Å². The van der Waals surface area contributed by atoms with E-state index in [0.717, 1.165) is 5.56 Å². The van der Waals surface area contributed by atoms with Crippen molar-refractivity contribution >= 4 is 23.5 Å². The molecular weight excluding hydrogens is 258 g/mol. The van der Waals surface area contributed by atoms with E-state index < -0.39 is 12.1 Å². The summed E-state index contributed by atoms with van der Waals surface area (Å²) >= 11 is 5.85. The second kappa shape index (κ2) is 5.27. The first-order valence-corrected chi connectivity index (χ1v) is 5.77. The molecule has 1 atom stereocenters. The highest BCUT2D eigenvalue weighted by atomic mass is 35.5. The Morgan fingerprint density at radius 2 is 2.33 bits per heavy atom. The fourth-order valence-corrected chi connectivity index (χ4v) is 1.90. The van der Waals surface area contributed by atoms with Gasteiger partial charge in [0.25, 0.3) is 5.91 Å². The molecule has 0 saturated carbocycles. The molecule has 0 radical (unpaired) electrons. The molecule has 1 aliphatic rings. The minimum Gasteiger partial charge on any atom is -0.480 e. The van der Waals surface area contributed by atoms with Crippen LogP contribution in [0.15, 0.2) is 18.2 Å². The van der Waals surface area contributed by atoms with E-state index >= 15 is 0 Å². The molecule has 1 amide bonds. The Morgan fingerprint density at radius 3 is 3.06 bits per heavy atom. The molecule has 0 unspecified atom stereocenters. The number of fused-ring (bicyclic) bond motifs is 1. The molecule has 1 aromatic carbocycles. The third-order valence-corrected chi connectivity index (χ3v) is 2.86. The molecule has 0 spiro atoms. The zero-order chi connectivity index (χ0) is 13.1. The number of hydrogen-bond donors (Lipinski definition) is 1. The van der Waals surface area contributed by atoms with Crippen LogP contribution in [0.4, 0.5) is 0 Å². The van der Waals surface area contributed by atoms with Gasteiger partial charge in [-0.15, -0.1) is 0 Å². The predicted molar refractivity (Wildman–Crippen MR) is 64.6 cm³/mol. The summed E-state index contributed by atoms with van der Waals surface area (Å²) in [4.78, 5) is 22.6. The van der Waals surface area contributed by atoms with Crippen LogP contribution < -0.4 is 10.1 Å². The smallest absolute Gasteiger partial charge is 0.325 e. The molecule has 18 heavy (non-hydrogen) atoms. The van der Waals surface area contributed by atoms with E-state index in [4.69, 9.17) is 16.3 Å². The average molecular weight is 270 g/mol. The van der Waals surface area contributed by atoms with Gasteiger partial charge in [-0.3, -0.25) is 9.59 Å². The molecule has 0 fully saturated rings. The molecule has 1 aromatic rings. The van der Waals surface area contributed by atoms with Crippen molar-refractivity contribution in [2.45, 2.75) is 12.5 Å². The molecular formula is C12H12ClNO4. The monoisotopic (exact) mass is 269 g/mol. The molecule has 2 rings (SSSR count). The molecule has 5 nitrogen and oxygen atoms in total. The maximum atomic E-state index is 11.7. The van der Waals surface area contributed by atoms with E-state index in [-0.39, 0.29) is 12.5 Å². The van der Waals surface area contributed by atoms with Gasteiger partial charge in [0, 0.05) is 11.4 Å². The number of esters is 1. The van der Waals surface area contributed by atoms with Gasteiger partial charge in [-0.05, 0) is 23.8 Å². The van der Waals surface area contributed by atoms with Crippen LogP contribution in [0, 0.1) is 0 Å². The number of rotatable bonds is 3. The lowest BCUT2D eigenvalue weighted by atomic mass is 10.1. The van der Waals surface area contributed by atoms with Gasteiger partial charge in [0.2, 0.25) is 0 Å². The first-order chi connectivity index (χ1) is 8.60. The summed E-state index contributed by atoms with van der Waals surface area (Å²) in [5, 5.41) is 3.06. The van der Waals surface area contributed by atoms with Crippen LogP contribution in [-0.4, -0.2) is 31.6 Å². The van der Waals surface area contributed by atoms with Gasteiger partial charge in [0.15, 0.2) is 6.10 Å². The Hall–Kier alpha value is -1.75. The van der Waals surface area contributed by atoms with Crippen molar-refractivity contribution < 1.29 is 19.1 Å². The van der Waals surface area contributed by atoms with Gasteiger partial charge < -0.3 is 14.8 Å². The summed E-state index contributed by atoms with van der Waals surface area (Å²) < 4.78 is 9.90. The molecule has 0 saturated heterocycles. The quantitative estimate of drug-likeness (QED) is 0.829. The van der Waals surface area contributed by atoms with Crippen molar-refractivity contribution in [2.24, 2.45) is 0 Å². The standard InChI is InChI=1S/C12H12ClNO4/c1-17-11(15)6-14-12(16)10-5-7-4-8(13)2-3-9(7)18-10/h2-4,10H,5-6H2,1H3,(H,14,16)/t10-/m1/s1. The molecule has 0 bridgehead atoms. The first-order valence-electron chi connectivity index (χ1n) is 5.40. The van der Waals surface area contributed by atoms with Crippen LogP contribution in [0.25, 0.3) is 0 Å². The molecule has 96 valence electrons. The number of hydrogen-bond acceptors (Lipinski definition) is 4. The van der Waals surface area contributed by atoms with Crippen LogP contribution in [0.1, 0.15) is 5.56 Å². The van der Waals surface area contributed by atoms with Crippen molar-refractivity contribution in [3.05, 3.63) is 28.8 Å². The number of carbonyl (C=O) groups excluding carboxylic acids is 2. The van der Waals surface area contributed by atoms with Crippen LogP contribution in [0.2, 0.25) is 5.02 Å². The maximum absolute atomic E-state index is 11.7. The minimum atomic E-state index is -0.622. The lowest BCUT2D eigenvalue weighted by Crippen LogP contribution is -2.40. The third kappa shape index (κ3) is 2.73. The van der Waals surface area contributed by atoms with E-state index in [1.807, 2.05) is 0 Å². The normalized spacial score (nSPS) is 16.7. The van der Waals surface area contributed by atoms with Gasteiger partial charge in [0.05, 0.1) is 7.11 Å². The van der Waals surface area contributed by atoms with E-state index in [1.54, 1.807) is 18.2 Å². The van der Waals surface area contributed by atoms with Crippen LogP contribution in [0.3, 0.4) is 0 Å². The average Bonchev–Trinajstić information content (AvgIpc) is 2.78. The van der Waals surface area contributed by atoms with Crippen LogP contribution >= 0.6 is 11.6 Å². The highest BCUT2D eigenvalue weighted by Gasteiger charge is 2.29. The lowest BCUT2D eigenvalue weighted by Gasteiger charge is -2.10. The molecule has 0 aliphatic carbocycles. The number of ether oxygens (including phenoxy) is 2. The fourth-order valence-electron chi connectivity index (χ4n) is 1.71. The minimum absolute atomic E-state index is 0.160. The number of carbonyl (C=O) groups is 2. The molecule has 1 heterocycles. The molecule has 6 heteroatoms. The van der Waals surface area contributed by atoms with Gasteiger partial charge in [-0.1, -0.05) is 11.6 Å². The molecule has 1 aliphatic heterocycles. The highest BCUT2D eigenvalue weighted by Crippen LogP contribution is 2.30. The SMILES string of the molecule is COC(=O)CNC(=O)[C@H]1Cc2cc(Cl)ccc2O1. The van der Waals surface area contributed by atoms with Crippen molar-refractivity contribution in [1.29, 1.82) is 0 Å². The van der Waals surface area contributed by atoms with Crippen molar-refractivity contribution in [3.63, 3.8) is 0 Å². The number of amides is 1. The lowest BCUT2D eigenvalue weighted by molar-refractivity contribution is -0.141. The Kier molecular flexibility index (Phi) is 3.72. The van der Waals surface area contributed by atoms with Crippen molar-refractivity contribution in [2.75, 3.05) is 13.7 Å². The first kappa shape index (κ1) is 12.7. The van der Waals surface area contributed by atoms with Gasteiger partial charge in [-0.25, -0.2) is 0 Å². The van der Waals surface area contributed by atoms with Crippen molar-refractivity contribution in [3.8, 4) is 5.75 Å². The Labute approximate surface area is 109 Å². The number of benzene rings is 1. The van der Waals surface area contributed by atoms with Crippen LogP contribution in [0.5, 0.6) is 5.75 Å².